The topological polar surface area (TPSA) is 48.9 Å². The summed E-state index contributed by atoms with van der Waals surface area (Å²) in [6.07, 6.45) is 1.64. The number of phenolic OH excluding ortho intramolecular Hbond substituents is 1. The van der Waals surface area contributed by atoms with Crippen molar-refractivity contribution in [1.29, 1.82) is 0 Å². The summed E-state index contributed by atoms with van der Waals surface area (Å²) in [6, 6.07) is 5.00. The van der Waals surface area contributed by atoms with Gasteiger partial charge in [-0.1, -0.05) is 6.58 Å². The number of hydrogen-bond donors (Lipinski definition) is 2. The summed E-state index contributed by atoms with van der Waals surface area (Å²) in [7, 11) is 0. The van der Waals surface area contributed by atoms with Gasteiger partial charge in [-0.05, 0) is 18.2 Å². The minimum Gasteiger partial charge on any atom is -0.508 e. The molecule has 0 bridgehead atoms. The summed E-state index contributed by atoms with van der Waals surface area (Å²) >= 11 is 0. The van der Waals surface area contributed by atoms with E-state index in [1.165, 1.54) is 0 Å². The largest absolute Gasteiger partial charge is 0.508 e. The third kappa shape index (κ3) is 0.955. The standard InChI is InChI=1S/C9H8N2O/c1-2-9-10-7-4-3-6(12)5-8(7)11-9/h2-5,12H,1H2,(H,10,11). The van der Waals surface area contributed by atoms with Crippen LogP contribution < -0.4 is 0 Å². The third-order valence-electron chi connectivity index (χ3n) is 1.68. The molecule has 0 aliphatic heterocycles. The monoisotopic (exact) mass is 160 g/mol. The summed E-state index contributed by atoms with van der Waals surface area (Å²) < 4.78 is 0. The van der Waals surface area contributed by atoms with Gasteiger partial charge in [0.1, 0.15) is 11.6 Å². The molecule has 0 aliphatic carbocycles. The average molecular weight is 160 g/mol. The fourth-order valence-electron chi connectivity index (χ4n) is 1.11. The molecule has 1 heterocycles. The first-order valence-electron chi connectivity index (χ1n) is 3.61. The Morgan fingerprint density at radius 3 is 3.08 bits per heavy atom. The van der Waals surface area contributed by atoms with Crippen molar-refractivity contribution >= 4 is 17.1 Å². The van der Waals surface area contributed by atoms with E-state index in [0.29, 0.717) is 0 Å². The van der Waals surface area contributed by atoms with Crippen LogP contribution in [0.2, 0.25) is 0 Å². The van der Waals surface area contributed by atoms with Crippen LogP contribution in [-0.4, -0.2) is 15.1 Å². The highest BCUT2D eigenvalue weighted by Crippen LogP contribution is 2.17. The number of aromatic amines is 1. The van der Waals surface area contributed by atoms with Crippen molar-refractivity contribution in [1.82, 2.24) is 9.97 Å². The number of benzene rings is 1. The van der Waals surface area contributed by atoms with Crippen molar-refractivity contribution < 1.29 is 5.11 Å². The quantitative estimate of drug-likeness (QED) is 0.669. The van der Waals surface area contributed by atoms with Crippen LogP contribution >= 0.6 is 0 Å². The predicted octanol–water partition coefficient (Wildman–Crippen LogP) is 1.91. The Labute approximate surface area is 69.4 Å². The van der Waals surface area contributed by atoms with Crippen LogP contribution in [0.3, 0.4) is 0 Å². The van der Waals surface area contributed by atoms with Crippen molar-refractivity contribution in [3.05, 3.63) is 30.6 Å². The van der Waals surface area contributed by atoms with Crippen LogP contribution in [0.15, 0.2) is 24.8 Å². The molecule has 0 saturated heterocycles. The zero-order chi connectivity index (χ0) is 8.55. The normalized spacial score (nSPS) is 10.3. The van der Waals surface area contributed by atoms with Gasteiger partial charge in [-0.15, -0.1) is 0 Å². The van der Waals surface area contributed by atoms with E-state index in [4.69, 9.17) is 5.11 Å². The van der Waals surface area contributed by atoms with Gasteiger partial charge >= 0.3 is 0 Å². The summed E-state index contributed by atoms with van der Waals surface area (Å²) in [4.78, 5) is 7.18. The number of aromatic hydroxyl groups is 1. The Kier molecular flexibility index (Phi) is 1.37. The van der Waals surface area contributed by atoms with E-state index in [-0.39, 0.29) is 5.75 Å². The molecule has 3 nitrogen and oxygen atoms in total. The van der Waals surface area contributed by atoms with E-state index >= 15 is 0 Å². The number of imidazole rings is 1. The van der Waals surface area contributed by atoms with Crippen LogP contribution in [-0.2, 0) is 0 Å². The van der Waals surface area contributed by atoms with Crippen LogP contribution in [0.5, 0.6) is 5.75 Å². The lowest BCUT2D eigenvalue weighted by Crippen LogP contribution is -1.69. The summed E-state index contributed by atoms with van der Waals surface area (Å²) in [5, 5.41) is 9.14. The predicted molar refractivity (Wildman–Crippen MR) is 47.8 cm³/mol. The maximum atomic E-state index is 9.14. The minimum atomic E-state index is 0.238. The molecule has 60 valence electrons. The number of fused-ring (bicyclic) bond motifs is 1. The highest BCUT2D eigenvalue weighted by molar-refractivity contribution is 5.78. The molecule has 2 aromatic rings. The van der Waals surface area contributed by atoms with Crippen molar-refractivity contribution in [3.8, 4) is 5.75 Å². The van der Waals surface area contributed by atoms with E-state index < -0.39 is 0 Å². The fourth-order valence-corrected chi connectivity index (χ4v) is 1.11. The lowest BCUT2D eigenvalue weighted by atomic mass is 10.3. The zero-order valence-electron chi connectivity index (χ0n) is 6.41. The molecule has 0 amide bonds. The number of phenols is 1. The molecule has 0 atom stereocenters. The molecule has 3 heteroatoms. The Morgan fingerprint density at radius 1 is 1.50 bits per heavy atom. The maximum Gasteiger partial charge on any atom is 0.130 e. The zero-order valence-corrected chi connectivity index (χ0v) is 6.41. The van der Waals surface area contributed by atoms with Gasteiger partial charge in [0.05, 0.1) is 11.0 Å². The Bertz CT molecular complexity index is 431. The third-order valence-corrected chi connectivity index (χ3v) is 1.68. The molecule has 0 aliphatic rings. The molecule has 0 unspecified atom stereocenters. The van der Waals surface area contributed by atoms with Crippen LogP contribution in [0, 0.1) is 0 Å². The van der Waals surface area contributed by atoms with Crippen LogP contribution in [0.25, 0.3) is 17.1 Å². The number of H-pyrrole nitrogens is 1. The molecule has 0 radical (unpaired) electrons. The molecule has 2 rings (SSSR count). The first kappa shape index (κ1) is 6.91. The molecule has 0 saturated carbocycles. The van der Waals surface area contributed by atoms with Crippen molar-refractivity contribution in [2.45, 2.75) is 0 Å². The van der Waals surface area contributed by atoms with Crippen molar-refractivity contribution in [3.63, 3.8) is 0 Å². The van der Waals surface area contributed by atoms with Crippen molar-refractivity contribution in [2.75, 3.05) is 0 Å². The maximum absolute atomic E-state index is 9.14. The first-order valence-corrected chi connectivity index (χ1v) is 3.61. The molecule has 1 aromatic carbocycles. The number of hydrogen-bond acceptors (Lipinski definition) is 2. The molecule has 1 aromatic heterocycles. The molecular formula is C9H8N2O. The van der Waals surface area contributed by atoms with Gasteiger partial charge in [0, 0.05) is 6.07 Å². The second-order valence-electron chi connectivity index (χ2n) is 2.53. The molecule has 12 heavy (non-hydrogen) atoms. The number of rotatable bonds is 1. The van der Waals surface area contributed by atoms with Crippen molar-refractivity contribution in [2.24, 2.45) is 0 Å². The van der Waals surface area contributed by atoms with E-state index in [1.807, 2.05) is 0 Å². The van der Waals surface area contributed by atoms with Gasteiger partial charge in [-0.3, -0.25) is 0 Å². The van der Waals surface area contributed by atoms with Gasteiger partial charge < -0.3 is 10.1 Å². The lowest BCUT2D eigenvalue weighted by molar-refractivity contribution is 0.476. The minimum absolute atomic E-state index is 0.238. The van der Waals surface area contributed by atoms with E-state index in [2.05, 4.69) is 16.5 Å². The van der Waals surface area contributed by atoms with E-state index in [1.54, 1.807) is 24.3 Å². The van der Waals surface area contributed by atoms with Gasteiger partial charge in [0.25, 0.3) is 0 Å². The SMILES string of the molecule is C=Cc1nc2ccc(O)cc2[nH]1. The van der Waals surface area contributed by atoms with Gasteiger partial charge in [-0.2, -0.15) is 0 Å². The molecule has 0 spiro atoms. The second-order valence-corrected chi connectivity index (χ2v) is 2.53. The summed E-state index contributed by atoms with van der Waals surface area (Å²) in [5.41, 5.74) is 1.66. The Hall–Kier alpha value is -1.77. The number of aromatic nitrogens is 2. The van der Waals surface area contributed by atoms with Gasteiger partial charge in [0.15, 0.2) is 0 Å². The van der Waals surface area contributed by atoms with E-state index in [9.17, 15) is 0 Å². The first-order chi connectivity index (χ1) is 5.79. The average Bonchev–Trinajstić information content (AvgIpc) is 2.46. The molecule has 2 N–H and O–H groups in total. The Morgan fingerprint density at radius 2 is 2.33 bits per heavy atom. The fraction of sp³-hybridized carbons (Fsp3) is 0. The summed E-state index contributed by atoms with van der Waals surface area (Å²) in [5.74, 6) is 0.956. The molecular weight excluding hydrogens is 152 g/mol. The number of nitrogens with one attached hydrogen (secondary N) is 1. The van der Waals surface area contributed by atoms with Gasteiger partial charge in [0.2, 0.25) is 0 Å². The Balaban J connectivity index is 2.75. The smallest absolute Gasteiger partial charge is 0.130 e. The van der Waals surface area contributed by atoms with Gasteiger partial charge in [-0.25, -0.2) is 4.98 Å². The highest BCUT2D eigenvalue weighted by atomic mass is 16.3. The second kappa shape index (κ2) is 2.37. The van der Waals surface area contributed by atoms with Crippen LogP contribution in [0.1, 0.15) is 5.82 Å². The van der Waals surface area contributed by atoms with E-state index in [0.717, 1.165) is 16.9 Å². The lowest BCUT2D eigenvalue weighted by Gasteiger charge is -1.88. The number of nitrogens with zero attached hydrogens (tertiary/aromatic N) is 1. The molecule has 0 fully saturated rings. The van der Waals surface area contributed by atoms with Crippen LogP contribution in [0.4, 0.5) is 0 Å². The highest BCUT2D eigenvalue weighted by Gasteiger charge is 1.99. The summed E-state index contributed by atoms with van der Waals surface area (Å²) in [6.45, 7) is 3.59.